The molecule has 6 nitrogen and oxygen atoms in total. The lowest BCUT2D eigenvalue weighted by Crippen LogP contribution is -2.10. The molecule has 0 aliphatic carbocycles. The van der Waals surface area contributed by atoms with Gasteiger partial charge in [0.1, 0.15) is 17.8 Å². The van der Waals surface area contributed by atoms with E-state index in [1.807, 2.05) is 0 Å². The smallest absolute Gasteiger partial charge is 0.248 e. The number of anilines is 1. The number of nitrogens with two attached hydrogens (primary N) is 2. The number of aromatic nitrogens is 2. The molecule has 7 heteroatoms. The third-order valence-corrected chi connectivity index (χ3v) is 2.43. The fourth-order valence-corrected chi connectivity index (χ4v) is 1.39. The fourth-order valence-electron chi connectivity index (χ4n) is 1.27. The Balaban J connectivity index is 2.31. The summed E-state index contributed by atoms with van der Waals surface area (Å²) < 4.78 is 5.41. The van der Waals surface area contributed by atoms with Crippen LogP contribution in [-0.4, -0.2) is 15.9 Å². The summed E-state index contributed by atoms with van der Waals surface area (Å²) in [5, 5.41) is 0.103. The largest absolute Gasteiger partial charge is 0.437 e. The Hall–Kier alpha value is -2.34. The van der Waals surface area contributed by atoms with Crippen LogP contribution in [0.3, 0.4) is 0 Å². The highest BCUT2D eigenvalue weighted by molar-refractivity contribution is 6.32. The fraction of sp³-hybridized carbons (Fsp3) is 0. The molecule has 1 amide bonds. The maximum atomic E-state index is 11.0. The summed E-state index contributed by atoms with van der Waals surface area (Å²) in [7, 11) is 0. The number of nitrogens with zero attached hydrogens (tertiary/aromatic N) is 2. The second-order valence-electron chi connectivity index (χ2n) is 3.38. The van der Waals surface area contributed by atoms with E-state index in [9.17, 15) is 4.79 Å². The highest BCUT2D eigenvalue weighted by atomic mass is 35.5. The topological polar surface area (TPSA) is 104 Å². The Labute approximate surface area is 108 Å². The molecule has 0 radical (unpaired) electrons. The average molecular weight is 265 g/mol. The summed E-state index contributed by atoms with van der Waals surface area (Å²) in [6, 6.07) is 6.33. The number of ether oxygens (including phenoxy) is 1. The molecule has 0 aliphatic rings. The maximum Gasteiger partial charge on any atom is 0.248 e. The van der Waals surface area contributed by atoms with Crippen molar-refractivity contribution in [2.45, 2.75) is 0 Å². The Morgan fingerprint density at radius 2 is 2.11 bits per heavy atom. The van der Waals surface area contributed by atoms with Crippen molar-refractivity contribution in [1.82, 2.24) is 9.97 Å². The molecule has 18 heavy (non-hydrogen) atoms. The van der Waals surface area contributed by atoms with Gasteiger partial charge < -0.3 is 16.2 Å². The number of nitrogen functional groups attached to an aromatic ring is 1. The van der Waals surface area contributed by atoms with Crippen molar-refractivity contribution in [3.05, 3.63) is 41.3 Å². The van der Waals surface area contributed by atoms with Gasteiger partial charge in [0, 0.05) is 5.56 Å². The number of hydrogen-bond acceptors (Lipinski definition) is 5. The number of benzene rings is 1. The zero-order valence-corrected chi connectivity index (χ0v) is 9.89. The molecule has 1 aromatic carbocycles. The van der Waals surface area contributed by atoms with Crippen LogP contribution in [0.2, 0.25) is 5.15 Å². The van der Waals surface area contributed by atoms with Gasteiger partial charge >= 0.3 is 0 Å². The van der Waals surface area contributed by atoms with Gasteiger partial charge in [-0.1, -0.05) is 17.7 Å². The second-order valence-corrected chi connectivity index (χ2v) is 3.74. The van der Waals surface area contributed by atoms with E-state index in [0.717, 1.165) is 0 Å². The summed E-state index contributed by atoms with van der Waals surface area (Å²) in [6.07, 6.45) is 1.23. The highest BCUT2D eigenvalue weighted by Gasteiger charge is 2.09. The number of halogens is 1. The van der Waals surface area contributed by atoms with Crippen LogP contribution in [0.1, 0.15) is 10.4 Å². The molecule has 0 unspecified atom stereocenters. The van der Waals surface area contributed by atoms with Gasteiger partial charge in [0.05, 0.1) is 0 Å². The van der Waals surface area contributed by atoms with Gasteiger partial charge in [-0.25, -0.2) is 4.98 Å². The van der Waals surface area contributed by atoms with Crippen LogP contribution in [-0.2, 0) is 0 Å². The van der Waals surface area contributed by atoms with Crippen molar-refractivity contribution < 1.29 is 9.53 Å². The van der Waals surface area contributed by atoms with E-state index >= 15 is 0 Å². The minimum atomic E-state index is -0.547. The third kappa shape index (κ3) is 2.49. The van der Waals surface area contributed by atoms with E-state index in [-0.39, 0.29) is 16.7 Å². The first-order chi connectivity index (χ1) is 8.58. The van der Waals surface area contributed by atoms with Crippen molar-refractivity contribution >= 4 is 23.2 Å². The summed E-state index contributed by atoms with van der Waals surface area (Å²) in [6.45, 7) is 0. The van der Waals surface area contributed by atoms with Gasteiger partial charge in [-0.3, -0.25) is 4.79 Å². The van der Waals surface area contributed by atoms with E-state index in [1.54, 1.807) is 18.2 Å². The molecular formula is C11H9ClN4O2. The number of hydrogen-bond donors (Lipinski definition) is 2. The average Bonchev–Trinajstić information content (AvgIpc) is 2.35. The predicted octanol–water partition coefficient (Wildman–Crippen LogP) is 1.60. The first-order valence-electron chi connectivity index (χ1n) is 4.91. The van der Waals surface area contributed by atoms with E-state index in [4.69, 9.17) is 27.8 Å². The van der Waals surface area contributed by atoms with Crippen LogP contribution in [0.4, 0.5) is 5.69 Å². The second kappa shape index (κ2) is 4.89. The minimum absolute atomic E-state index is 0.103. The van der Waals surface area contributed by atoms with Crippen molar-refractivity contribution in [3.63, 3.8) is 0 Å². The van der Waals surface area contributed by atoms with Gasteiger partial charge in [0.25, 0.3) is 0 Å². The van der Waals surface area contributed by atoms with Crippen molar-refractivity contribution in [3.8, 4) is 11.6 Å². The molecule has 0 saturated heterocycles. The van der Waals surface area contributed by atoms with E-state index in [2.05, 4.69) is 9.97 Å². The highest BCUT2D eigenvalue weighted by Crippen LogP contribution is 2.28. The summed E-state index contributed by atoms with van der Waals surface area (Å²) in [4.78, 5) is 18.6. The minimum Gasteiger partial charge on any atom is -0.437 e. The zero-order chi connectivity index (χ0) is 13.1. The summed E-state index contributed by atoms with van der Waals surface area (Å²) in [5.74, 6) is -0.0430. The van der Waals surface area contributed by atoms with Crippen LogP contribution in [0.15, 0.2) is 30.6 Å². The summed E-state index contributed by atoms with van der Waals surface area (Å²) in [5.41, 5.74) is 11.3. The number of carbonyl (C=O) groups is 1. The van der Waals surface area contributed by atoms with Crippen LogP contribution in [0.5, 0.6) is 11.6 Å². The molecule has 0 atom stereocenters. The molecule has 0 saturated carbocycles. The van der Waals surface area contributed by atoms with Crippen molar-refractivity contribution in [2.75, 3.05) is 5.73 Å². The van der Waals surface area contributed by atoms with E-state index < -0.39 is 5.91 Å². The third-order valence-electron chi connectivity index (χ3n) is 2.13. The number of carbonyl (C=O) groups excluding carboxylic acids is 1. The Bertz CT molecular complexity index is 603. The monoisotopic (exact) mass is 264 g/mol. The predicted molar refractivity (Wildman–Crippen MR) is 66.5 cm³/mol. The first kappa shape index (κ1) is 12.1. The van der Waals surface area contributed by atoms with Gasteiger partial charge in [-0.2, -0.15) is 4.98 Å². The Morgan fingerprint density at radius 1 is 1.33 bits per heavy atom. The molecule has 2 rings (SSSR count). The number of primary amides is 1. The normalized spacial score (nSPS) is 10.1. The molecule has 92 valence electrons. The van der Waals surface area contributed by atoms with Gasteiger partial charge in [0.15, 0.2) is 5.15 Å². The van der Waals surface area contributed by atoms with Crippen LogP contribution >= 0.6 is 11.6 Å². The molecule has 0 fully saturated rings. The molecule has 1 heterocycles. The van der Waals surface area contributed by atoms with Crippen LogP contribution < -0.4 is 16.2 Å². The van der Waals surface area contributed by atoms with Crippen molar-refractivity contribution in [2.24, 2.45) is 5.73 Å². The van der Waals surface area contributed by atoms with Gasteiger partial charge in [-0.05, 0) is 18.2 Å². The molecule has 2 aromatic rings. The molecular weight excluding hydrogens is 256 g/mol. The molecule has 0 bridgehead atoms. The Kier molecular flexibility index (Phi) is 3.29. The molecule has 0 aliphatic heterocycles. The number of rotatable bonds is 3. The van der Waals surface area contributed by atoms with E-state index in [1.165, 1.54) is 12.4 Å². The molecule has 4 N–H and O–H groups in total. The van der Waals surface area contributed by atoms with Crippen LogP contribution in [0, 0.1) is 0 Å². The lowest BCUT2D eigenvalue weighted by atomic mass is 10.2. The SMILES string of the molecule is NC(=O)c1cccc(Oc2ncnc(Cl)c2N)c1. The number of amides is 1. The molecule has 1 aromatic heterocycles. The van der Waals surface area contributed by atoms with Crippen LogP contribution in [0.25, 0.3) is 0 Å². The Morgan fingerprint density at radius 3 is 2.83 bits per heavy atom. The summed E-state index contributed by atoms with van der Waals surface area (Å²) >= 11 is 5.73. The quantitative estimate of drug-likeness (QED) is 0.820. The van der Waals surface area contributed by atoms with E-state index in [0.29, 0.717) is 11.3 Å². The lowest BCUT2D eigenvalue weighted by molar-refractivity contribution is 0.1000. The molecule has 0 spiro atoms. The first-order valence-corrected chi connectivity index (χ1v) is 5.29. The van der Waals surface area contributed by atoms with Gasteiger partial charge in [-0.15, -0.1) is 0 Å². The standard InChI is InChI=1S/C11H9ClN4O2/c12-9-8(13)11(16-5-15-9)18-7-3-1-2-6(4-7)10(14)17/h1-5H,13H2,(H2,14,17). The maximum absolute atomic E-state index is 11.0. The zero-order valence-electron chi connectivity index (χ0n) is 9.13. The lowest BCUT2D eigenvalue weighted by Gasteiger charge is -2.07. The van der Waals surface area contributed by atoms with Crippen molar-refractivity contribution in [1.29, 1.82) is 0 Å². The van der Waals surface area contributed by atoms with Gasteiger partial charge in [0.2, 0.25) is 11.8 Å².